The van der Waals surface area contributed by atoms with Crippen molar-refractivity contribution in [3.05, 3.63) is 186 Å². The van der Waals surface area contributed by atoms with Crippen molar-refractivity contribution in [2.45, 2.75) is 76.5 Å². The fourth-order valence-corrected chi connectivity index (χ4v) is 10.2. The van der Waals surface area contributed by atoms with Gasteiger partial charge in [0.05, 0.1) is 0 Å². The molecule has 0 aliphatic heterocycles. The molecule has 1 saturated carbocycles. The molecule has 7 aromatic carbocycles. The standard InChI is InChI=1S/C54H49N/c1-53(2)49-18-12-11-17-45(49)46-30-23-41(34-51(46)53)40-24-32-50-48(33-40)47-31-29-44(35-52(47)54(50,3)4)55(42-25-19-38(20-26-42)36-13-7-5-8-14-36)43-27-21-39(22-28-43)37-15-9-6-10-16-37/h5,7-8,11-14,17-35,37H,6,9-10,15-16H2,1-4H3. The molecule has 0 radical (unpaired) electrons. The molecule has 1 heteroatoms. The van der Waals surface area contributed by atoms with Crippen LogP contribution >= 0.6 is 0 Å². The second kappa shape index (κ2) is 13.0. The first kappa shape index (κ1) is 33.9. The third-order valence-corrected chi connectivity index (χ3v) is 13.3. The molecule has 10 rings (SSSR count). The quantitative estimate of drug-likeness (QED) is 0.166. The van der Waals surface area contributed by atoms with Crippen LogP contribution in [-0.4, -0.2) is 0 Å². The minimum absolute atomic E-state index is 0.0202. The first-order valence-electron chi connectivity index (χ1n) is 20.4. The van der Waals surface area contributed by atoms with Crippen LogP contribution in [0.5, 0.6) is 0 Å². The molecule has 0 heterocycles. The van der Waals surface area contributed by atoms with Crippen LogP contribution in [0.1, 0.15) is 93.5 Å². The number of hydrogen-bond donors (Lipinski definition) is 0. The van der Waals surface area contributed by atoms with Crippen LogP contribution in [-0.2, 0) is 10.8 Å². The van der Waals surface area contributed by atoms with Gasteiger partial charge < -0.3 is 4.90 Å². The number of anilines is 3. The fraction of sp³-hybridized carbons (Fsp3) is 0.222. The van der Waals surface area contributed by atoms with Gasteiger partial charge in [-0.25, -0.2) is 0 Å². The molecule has 0 spiro atoms. The van der Waals surface area contributed by atoms with Gasteiger partial charge in [0, 0.05) is 27.9 Å². The van der Waals surface area contributed by atoms with E-state index in [1.807, 2.05) is 0 Å². The van der Waals surface area contributed by atoms with E-state index in [-0.39, 0.29) is 10.8 Å². The van der Waals surface area contributed by atoms with Gasteiger partial charge in [0.1, 0.15) is 0 Å². The molecule has 0 amide bonds. The number of benzene rings is 7. The first-order chi connectivity index (χ1) is 26.8. The van der Waals surface area contributed by atoms with Gasteiger partial charge in [0.25, 0.3) is 0 Å². The van der Waals surface area contributed by atoms with Crippen LogP contribution < -0.4 is 4.90 Å². The average Bonchev–Trinajstić information content (AvgIpc) is 3.60. The third-order valence-electron chi connectivity index (χ3n) is 13.3. The lowest BCUT2D eigenvalue weighted by Gasteiger charge is -2.29. The minimum atomic E-state index is -0.131. The van der Waals surface area contributed by atoms with Crippen molar-refractivity contribution in [3.63, 3.8) is 0 Å². The highest BCUT2D eigenvalue weighted by molar-refractivity contribution is 5.89. The smallest absolute Gasteiger partial charge is 0.0465 e. The summed E-state index contributed by atoms with van der Waals surface area (Å²) in [6.07, 6.45) is 6.70. The van der Waals surface area contributed by atoms with E-state index in [9.17, 15) is 0 Å². The Kier molecular flexibility index (Phi) is 8.00. The van der Waals surface area contributed by atoms with Gasteiger partial charge in [0.2, 0.25) is 0 Å². The average molecular weight is 712 g/mol. The summed E-state index contributed by atoms with van der Waals surface area (Å²) in [4.78, 5) is 2.45. The van der Waals surface area contributed by atoms with Gasteiger partial charge in [-0.2, -0.15) is 0 Å². The zero-order chi connectivity index (χ0) is 37.3. The Hall–Kier alpha value is -5.66. The lowest BCUT2D eigenvalue weighted by molar-refractivity contribution is 0.443. The molecule has 0 bridgehead atoms. The molecule has 1 nitrogen and oxygen atoms in total. The number of fused-ring (bicyclic) bond motifs is 6. The maximum atomic E-state index is 2.46. The van der Waals surface area contributed by atoms with Gasteiger partial charge in [-0.1, -0.05) is 156 Å². The van der Waals surface area contributed by atoms with Crippen molar-refractivity contribution in [2.75, 3.05) is 4.90 Å². The van der Waals surface area contributed by atoms with Crippen LogP contribution in [0.15, 0.2) is 158 Å². The second-order valence-electron chi connectivity index (χ2n) is 17.2. The maximum Gasteiger partial charge on any atom is 0.0465 e. The maximum absolute atomic E-state index is 2.46. The van der Waals surface area contributed by atoms with Crippen molar-refractivity contribution in [2.24, 2.45) is 0 Å². The molecule has 3 aliphatic carbocycles. The predicted molar refractivity (Wildman–Crippen MR) is 233 cm³/mol. The lowest BCUT2D eigenvalue weighted by atomic mass is 9.81. The molecular weight excluding hydrogens is 663 g/mol. The van der Waals surface area contributed by atoms with Gasteiger partial charge in [-0.05, 0) is 140 Å². The summed E-state index contributed by atoms with van der Waals surface area (Å²) in [5.41, 5.74) is 21.0. The molecule has 7 aromatic rings. The largest absolute Gasteiger partial charge is 0.310 e. The fourth-order valence-electron chi connectivity index (χ4n) is 10.2. The molecule has 0 unspecified atom stereocenters. The second-order valence-corrected chi connectivity index (χ2v) is 17.2. The zero-order valence-electron chi connectivity index (χ0n) is 32.6. The van der Waals surface area contributed by atoms with E-state index in [4.69, 9.17) is 0 Å². The molecule has 0 N–H and O–H groups in total. The van der Waals surface area contributed by atoms with Gasteiger partial charge in [-0.3, -0.25) is 0 Å². The van der Waals surface area contributed by atoms with E-state index >= 15 is 0 Å². The van der Waals surface area contributed by atoms with E-state index < -0.39 is 0 Å². The summed E-state index contributed by atoms with van der Waals surface area (Å²) in [6.45, 7) is 9.53. The van der Waals surface area contributed by atoms with E-state index in [0.29, 0.717) is 5.92 Å². The molecule has 0 aromatic heterocycles. The highest BCUT2D eigenvalue weighted by Crippen LogP contribution is 2.53. The van der Waals surface area contributed by atoms with Crippen molar-refractivity contribution < 1.29 is 0 Å². The Balaban J connectivity index is 1.04. The van der Waals surface area contributed by atoms with Crippen molar-refractivity contribution >= 4 is 17.1 Å². The van der Waals surface area contributed by atoms with Crippen LogP contribution in [0, 0.1) is 0 Å². The van der Waals surface area contributed by atoms with E-state index in [1.54, 1.807) is 0 Å². The lowest BCUT2D eigenvalue weighted by Crippen LogP contribution is -2.16. The Morgan fingerprint density at radius 2 is 0.891 bits per heavy atom. The van der Waals surface area contributed by atoms with Crippen LogP contribution in [0.3, 0.4) is 0 Å². The van der Waals surface area contributed by atoms with E-state index in [2.05, 4.69) is 190 Å². The summed E-state index contributed by atoms with van der Waals surface area (Å²) in [6, 6.07) is 59.7. The summed E-state index contributed by atoms with van der Waals surface area (Å²) >= 11 is 0. The Morgan fingerprint density at radius 1 is 0.382 bits per heavy atom. The SMILES string of the molecule is CC1(C)c2ccccc2-c2ccc(-c3ccc4c(c3)-c3ccc(N(c5ccc(-c6ccccc6)cc5)c5ccc(C6CCCCC6)cc5)cc3C4(C)C)cc21. The molecule has 55 heavy (non-hydrogen) atoms. The number of hydrogen-bond acceptors (Lipinski definition) is 1. The first-order valence-corrected chi connectivity index (χ1v) is 20.4. The molecule has 0 atom stereocenters. The topological polar surface area (TPSA) is 3.24 Å². The van der Waals surface area contributed by atoms with Crippen molar-refractivity contribution in [1.29, 1.82) is 0 Å². The van der Waals surface area contributed by atoms with Crippen LogP contribution in [0.4, 0.5) is 17.1 Å². The zero-order valence-corrected chi connectivity index (χ0v) is 32.6. The Labute approximate surface area is 327 Å². The van der Waals surface area contributed by atoms with Gasteiger partial charge in [-0.15, -0.1) is 0 Å². The van der Waals surface area contributed by atoms with Crippen molar-refractivity contribution in [3.8, 4) is 44.5 Å². The number of rotatable bonds is 6. The summed E-state index contributed by atoms with van der Waals surface area (Å²) in [5, 5.41) is 0. The summed E-state index contributed by atoms with van der Waals surface area (Å²) in [7, 11) is 0. The monoisotopic (exact) mass is 711 g/mol. The summed E-state index contributed by atoms with van der Waals surface area (Å²) in [5.74, 6) is 0.685. The normalized spacial score (nSPS) is 16.2. The molecule has 0 saturated heterocycles. The minimum Gasteiger partial charge on any atom is -0.310 e. The van der Waals surface area contributed by atoms with Crippen LogP contribution in [0.2, 0.25) is 0 Å². The van der Waals surface area contributed by atoms with Gasteiger partial charge >= 0.3 is 0 Å². The van der Waals surface area contributed by atoms with Crippen molar-refractivity contribution in [1.82, 2.24) is 0 Å². The van der Waals surface area contributed by atoms with Crippen LogP contribution in [0.25, 0.3) is 44.5 Å². The molecular formula is C54H49N. The summed E-state index contributed by atoms with van der Waals surface area (Å²) < 4.78 is 0. The Morgan fingerprint density at radius 3 is 1.64 bits per heavy atom. The van der Waals surface area contributed by atoms with E-state index in [0.717, 1.165) is 0 Å². The highest BCUT2D eigenvalue weighted by atomic mass is 15.1. The Bertz CT molecular complexity index is 2550. The van der Waals surface area contributed by atoms with E-state index in [1.165, 1.54) is 121 Å². The van der Waals surface area contributed by atoms with Gasteiger partial charge in [0.15, 0.2) is 0 Å². The molecule has 270 valence electrons. The predicted octanol–water partition coefficient (Wildman–Crippen LogP) is 15.2. The highest BCUT2D eigenvalue weighted by Gasteiger charge is 2.38. The molecule has 1 fully saturated rings. The third kappa shape index (κ3) is 5.58. The number of nitrogens with zero attached hydrogens (tertiary/aromatic N) is 1. The molecule has 3 aliphatic rings.